The second-order valence-corrected chi connectivity index (χ2v) is 4.74. The Bertz CT molecular complexity index is 184. The predicted molar refractivity (Wildman–Crippen MR) is 63.5 cm³/mol. The Kier molecular flexibility index (Phi) is 6.52. The Morgan fingerprint density at radius 1 is 1.33 bits per heavy atom. The molecule has 0 aromatic rings. The van der Waals surface area contributed by atoms with E-state index >= 15 is 0 Å². The summed E-state index contributed by atoms with van der Waals surface area (Å²) in [6.07, 6.45) is 0. The van der Waals surface area contributed by atoms with Crippen molar-refractivity contribution in [3.8, 4) is 0 Å². The van der Waals surface area contributed by atoms with Crippen LogP contribution in [0.2, 0.25) is 0 Å². The van der Waals surface area contributed by atoms with Gasteiger partial charge in [0.05, 0.1) is 6.04 Å². The Morgan fingerprint density at radius 2 is 1.87 bits per heavy atom. The van der Waals surface area contributed by atoms with Crippen molar-refractivity contribution in [2.45, 2.75) is 26.8 Å². The summed E-state index contributed by atoms with van der Waals surface area (Å²) in [7, 11) is 3.85. The van der Waals surface area contributed by atoms with E-state index in [2.05, 4.69) is 19.2 Å². The van der Waals surface area contributed by atoms with Crippen LogP contribution in [-0.2, 0) is 4.79 Å². The number of hydrogen-bond donors (Lipinski definition) is 2. The molecule has 0 saturated heterocycles. The molecule has 0 aromatic heterocycles. The summed E-state index contributed by atoms with van der Waals surface area (Å²) in [6.45, 7) is 7.40. The number of nitrogens with zero attached hydrogens (tertiary/aromatic N) is 1. The van der Waals surface area contributed by atoms with E-state index in [0.717, 1.165) is 0 Å². The van der Waals surface area contributed by atoms with Crippen molar-refractivity contribution in [3.63, 3.8) is 0 Å². The molecule has 0 saturated carbocycles. The van der Waals surface area contributed by atoms with Crippen LogP contribution in [-0.4, -0.2) is 44.0 Å². The van der Waals surface area contributed by atoms with E-state index in [-0.39, 0.29) is 11.9 Å². The molecule has 0 fully saturated rings. The Balaban J connectivity index is 4.16. The third kappa shape index (κ3) is 5.14. The van der Waals surface area contributed by atoms with Gasteiger partial charge in [-0.1, -0.05) is 20.8 Å². The maximum atomic E-state index is 11.9. The van der Waals surface area contributed by atoms with E-state index in [4.69, 9.17) is 5.73 Å². The number of nitrogens with two attached hydrogens (primary N) is 1. The number of carbonyl (C=O) groups excluding carboxylic acids is 1. The van der Waals surface area contributed by atoms with E-state index in [1.54, 1.807) is 0 Å². The van der Waals surface area contributed by atoms with Crippen molar-refractivity contribution in [2.24, 2.45) is 17.6 Å². The van der Waals surface area contributed by atoms with Gasteiger partial charge in [-0.2, -0.15) is 0 Å². The van der Waals surface area contributed by atoms with Crippen LogP contribution in [0.3, 0.4) is 0 Å². The molecule has 4 nitrogen and oxygen atoms in total. The first-order valence-electron chi connectivity index (χ1n) is 5.54. The molecule has 0 heterocycles. The average Bonchev–Trinajstić information content (AvgIpc) is 2.12. The van der Waals surface area contributed by atoms with Crippen molar-refractivity contribution >= 4 is 5.91 Å². The van der Waals surface area contributed by atoms with E-state index in [0.29, 0.717) is 24.9 Å². The maximum Gasteiger partial charge on any atom is 0.237 e. The van der Waals surface area contributed by atoms with Crippen LogP contribution in [0, 0.1) is 11.8 Å². The third-order valence-electron chi connectivity index (χ3n) is 2.48. The largest absolute Gasteiger partial charge is 0.354 e. The van der Waals surface area contributed by atoms with Gasteiger partial charge in [0.1, 0.15) is 0 Å². The van der Waals surface area contributed by atoms with Crippen LogP contribution in [0.15, 0.2) is 0 Å². The third-order valence-corrected chi connectivity index (χ3v) is 2.48. The molecule has 2 unspecified atom stereocenters. The summed E-state index contributed by atoms with van der Waals surface area (Å²) < 4.78 is 0. The van der Waals surface area contributed by atoms with Gasteiger partial charge in [-0.15, -0.1) is 0 Å². The Morgan fingerprint density at radius 3 is 2.20 bits per heavy atom. The highest BCUT2D eigenvalue weighted by atomic mass is 16.2. The minimum Gasteiger partial charge on any atom is -0.354 e. The number of hydrogen-bond acceptors (Lipinski definition) is 3. The van der Waals surface area contributed by atoms with Crippen LogP contribution in [0.25, 0.3) is 0 Å². The zero-order chi connectivity index (χ0) is 12.0. The zero-order valence-corrected chi connectivity index (χ0v) is 10.6. The van der Waals surface area contributed by atoms with Gasteiger partial charge in [-0.3, -0.25) is 9.69 Å². The molecule has 0 aliphatic heterocycles. The summed E-state index contributed by atoms with van der Waals surface area (Å²) in [5.74, 6) is 0.743. The lowest BCUT2D eigenvalue weighted by molar-refractivity contribution is -0.127. The SMILES string of the molecule is CC(CN)CNC(=O)C(C(C)C)N(C)C. The number of nitrogens with one attached hydrogen (secondary N) is 1. The minimum absolute atomic E-state index is 0.0602. The molecule has 2 atom stereocenters. The fourth-order valence-electron chi connectivity index (χ4n) is 1.60. The van der Waals surface area contributed by atoms with Gasteiger partial charge in [0, 0.05) is 6.54 Å². The number of rotatable bonds is 6. The molecule has 0 radical (unpaired) electrons. The summed E-state index contributed by atoms with van der Waals surface area (Å²) >= 11 is 0. The molecule has 15 heavy (non-hydrogen) atoms. The molecule has 3 N–H and O–H groups in total. The molecular formula is C11H25N3O. The first kappa shape index (κ1) is 14.4. The van der Waals surface area contributed by atoms with Crippen LogP contribution < -0.4 is 11.1 Å². The average molecular weight is 215 g/mol. The summed E-state index contributed by atoms with van der Waals surface area (Å²) in [4.78, 5) is 13.8. The van der Waals surface area contributed by atoms with Gasteiger partial charge >= 0.3 is 0 Å². The van der Waals surface area contributed by atoms with Crippen molar-refractivity contribution < 1.29 is 4.79 Å². The first-order valence-corrected chi connectivity index (χ1v) is 5.54. The van der Waals surface area contributed by atoms with Crippen molar-refractivity contribution in [1.29, 1.82) is 0 Å². The summed E-state index contributed by atoms with van der Waals surface area (Å²) in [5.41, 5.74) is 5.49. The molecule has 0 bridgehead atoms. The van der Waals surface area contributed by atoms with E-state index in [1.807, 2.05) is 25.9 Å². The summed E-state index contributed by atoms with van der Waals surface area (Å²) in [6, 6.07) is -0.0602. The molecule has 4 heteroatoms. The number of likely N-dealkylation sites (N-methyl/N-ethyl adjacent to an activating group) is 1. The number of carbonyl (C=O) groups is 1. The maximum absolute atomic E-state index is 11.9. The monoisotopic (exact) mass is 215 g/mol. The quantitative estimate of drug-likeness (QED) is 0.669. The standard InChI is InChI=1S/C11H25N3O/c1-8(2)10(14(4)5)11(15)13-7-9(3)6-12/h8-10H,6-7,12H2,1-5H3,(H,13,15). The lowest BCUT2D eigenvalue weighted by Crippen LogP contribution is -2.48. The molecule has 1 amide bonds. The van der Waals surface area contributed by atoms with E-state index in [9.17, 15) is 4.79 Å². The molecule has 0 aliphatic rings. The molecule has 0 rings (SSSR count). The highest BCUT2D eigenvalue weighted by molar-refractivity contribution is 5.81. The lowest BCUT2D eigenvalue weighted by atomic mass is 10.0. The highest BCUT2D eigenvalue weighted by Gasteiger charge is 2.23. The first-order chi connectivity index (χ1) is 6.90. The van der Waals surface area contributed by atoms with Gasteiger partial charge in [-0.05, 0) is 32.5 Å². The van der Waals surface area contributed by atoms with Crippen LogP contribution in [0.4, 0.5) is 0 Å². The fourth-order valence-corrected chi connectivity index (χ4v) is 1.60. The summed E-state index contributed by atoms with van der Waals surface area (Å²) in [5, 5.41) is 2.94. The van der Waals surface area contributed by atoms with Gasteiger partial charge in [0.2, 0.25) is 5.91 Å². The predicted octanol–water partition coefficient (Wildman–Crippen LogP) is 0.284. The van der Waals surface area contributed by atoms with Crippen LogP contribution in [0.1, 0.15) is 20.8 Å². The van der Waals surface area contributed by atoms with Crippen molar-refractivity contribution in [3.05, 3.63) is 0 Å². The molecule has 0 spiro atoms. The molecule has 90 valence electrons. The molecule has 0 aromatic carbocycles. The van der Waals surface area contributed by atoms with E-state index in [1.165, 1.54) is 0 Å². The number of amides is 1. The van der Waals surface area contributed by atoms with Crippen LogP contribution >= 0.6 is 0 Å². The van der Waals surface area contributed by atoms with Gasteiger partial charge < -0.3 is 11.1 Å². The Labute approximate surface area is 93.2 Å². The van der Waals surface area contributed by atoms with E-state index < -0.39 is 0 Å². The van der Waals surface area contributed by atoms with Crippen molar-refractivity contribution in [1.82, 2.24) is 10.2 Å². The van der Waals surface area contributed by atoms with Crippen LogP contribution in [0.5, 0.6) is 0 Å². The van der Waals surface area contributed by atoms with Gasteiger partial charge in [0.15, 0.2) is 0 Å². The van der Waals surface area contributed by atoms with Gasteiger partial charge in [0.25, 0.3) is 0 Å². The molecule has 0 aliphatic carbocycles. The lowest BCUT2D eigenvalue weighted by Gasteiger charge is -2.27. The van der Waals surface area contributed by atoms with Gasteiger partial charge in [-0.25, -0.2) is 0 Å². The molecular weight excluding hydrogens is 190 g/mol. The fraction of sp³-hybridized carbons (Fsp3) is 0.909. The smallest absolute Gasteiger partial charge is 0.237 e. The highest BCUT2D eigenvalue weighted by Crippen LogP contribution is 2.07. The topological polar surface area (TPSA) is 58.4 Å². The Hall–Kier alpha value is -0.610. The zero-order valence-electron chi connectivity index (χ0n) is 10.6. The minimum atomic E-state index is -0.0602. The second-order valence-electron chi connectivity index (χ2n) is 4.74. The second kappa shape index (κ2) is 6.80. The van der Waals surface area contributed by atoms with Crippen molar-refractivity contribution in [2.75, 3.05) is 27.2 Å². The normalized spacial score (nSPS) is 15.5.